The van der Waals surface area contributed by atoms with Gasteiger partial charge < -0.3 is 9.73 Å². The number of aryl methyl sites for hydroxylation is 2. The Morgan fingerprint density at radius 3 is 2.91 bits per heavy atom. The minimum Gasteiger partial charge on any atom is -0.443 e. The third kappa shape index (κ3) is 3.09. The van der Waals surface area contributed by atoms with Crippen molar-refractivity contribution in [3.63, 3.8) is 0 Å². The maximum absolute atomic E-state index is 12.2. The number of nitrogens with zero attached hydrogens (tertiary/aromatic N) is 1. The lowest BCUT2D eigenvalue weighted by Gasteiger charge is -2.07. The van der Waals surface area contributed by atoms with Crippen LogP contribution in [0.2, 0.25) is 0 Å². The van der Waals surface area contributed by atoms with Crippen LogP contribution >= 0.6 is 11.3 Å². The van der Waals surface area contributed by atoms with Crippen LogP contribution in [-0.2, 0) is 6.54 Å². The van der Waals surface area contributed by atoms with Gasteiger partial charge in [-0.15, -0.1) is 11.3 Å². The van der Waals surface area contributed by atoms with Gasteiger partial charge in [0.15, 0.2) is 0 Å². The zero-order valence-corrected chi connectivity index (χ0v) is 13.2. The summed E-state index contributed by atoms with van der Waals surface area (Å²) < 4.78 is 5.43. The molecule has 0 atom stereocenters. The van der Waals surface area contributed by atoms with E-state index >= 15 is 0 Å². The van der Waals surface area contributed by atoms with E-state index in [9.17, 15) is 4.79 Å². The largest absolute Gasteiger partial charge is 0.443 e. The van der Waals surface area contributed by atoms with Gasteiger partial charge in [0.25, 0.3) is 5.91 Å². The number of rotatable bonds is 4. The van der Waals surface area contributed by atoms with Crippen LogP contribution in [0.3, 0.4) is 0 Å². The molecule has 1 aromatic carbocycles. The minimum absolute atomic E-state index is 0.0989. The number of benzene rings is 1. The first kappa shape index (κ1) is 14.5. The van der Waals surface area contributed by atoms with Crippen LogP contribution in [0.15, 0.2) is 46.4 Å². The first-order valence-electron chi connectivity index (χ1n) is 6.97. The standard InChI is InChI=1S/C17H16N2O2S/c1-11-5-6-14(12(2)8-11)16(20)18-9-13-10-21-17(19-13)15-4-3-7-22-15/h3-8,10H,9H2,1-2H3,(H,18,20). The summed E-state index contributed by atoms with van der Waals surface area (Å²) in [6.07, 6.45) is 1.58. The Morgan fingerprint density at radius 2 is 2.18 bits per heavy atom. The van der Waals surface area contributed by atoms with Gasteiger partial charge in [-0.25, -0.2) is 4.98 Å². The molecule has 0 saturated heterocycles. The fourth-order valence-electron chi connectivity index (χ4n) is 2.24. The highest BCUT2D eigenvalue weighted by atomic mass is 32.1. The topological polar surface area (TPSA) is 55.1 Å². The highest BCUT2D eigenvalue weighted by molar-refractivity contribution is 7.13. The molecule has 112 valence electrons. The van der Waals surface area contributed by atoms with Crippen LogP contribution in [-0.4, -0.2) is 10.9 Å². The quantitative estimate of drug-likeness (QED) is 0.793. The Hall–Kier alpha value is -2.40. The SMILES string of the molecule is Cc1ccc(C(=O)NCc2coc(-c3cccs3)n2)c(C)c1. The number of hydrogen-bond acceptors (Lipinski definition) is 4. The molecule has 0 unspecified atom stereocenters. The first-order valence-corrected chi connectivity index (χ1v) is 7.85. The molecule has 0 aliphatic heterocycles. The van der Waals surface area contributed by atoms with Crippen LogP contribution in [0.1, 0.15) is 27.2 Å². The maximum atomic E-state index is 12.2. The molecule has 0 fully saturated rings. The average Bonchev–Trinajstić information content (AvgIpc) is 3.16. The predicted molar refractivity (Wildman–Crippen MR) is 86.9 cm³/mol. The van der Waals surface area contributed by atoms with Gasteiger partial charge in [-0.3, -0.25) is 4.79 Å². The summed E-state index contributed by atoms with van der Waals surface area (Å²) in [6, 6.07) is 9.69. The molecule has 4 nitrogen and oxygen atoms in total. The summed E-state index contributed by atoms with van der Waals surface area (Å²) in [6.45, 7) is 4.30. The number of aromatic nitrogens is 1. The van der Waals surface area contributed by atoms with Crippen molar-refractivity contribution in [2.45, 2.75) is 20.4 Å². The third-order valence-electron chi connectivity index (χ3n) is 3.34. The monoisotopic (exact) mass is 312 g/mol. The number of amides is 1. The molecule has 2 heterocycles. The molecule has 2 aromatic heterocycles. The molecule has 3 aromatic rings. The van der Waals surface area contributed by atoms with Gasteiger partial charge in [0.05, 0.1) is 17.1 Å². The lowest BCUT2D eigenvalue weighted by Crippen LogP contribution is -2.23. The molecule has 0 bridgehead atoms. The van der Waals surface area contributed by atoms with Crippen LogP contribution in [0.4, 0.5) is 0 Å². The minimum atomic E-state index is -0.0989. The summed E-state index contributed by atoms with van der Waals surface area (Å²) >= 11 is 1.57. The average molecular weight is 312 g/mol. The molecule has 0 spiro atoms. The molecule has 1 amide bonds. The Morgan fingerprint density at radius 1 is 1.32 bits per heavy atom. The van der Waals surface area contributed by atoms with E-state index in [-0.39, 0.29) is 5.91 Å². The molecule has 22 heavy (non-hydrogen) atoms. The summed E-state index contributed by atoms with van der Waals surface area (Å²) in [5.74, 6) is 0.490. The zero-order chi connectivity index (χ0) is 15.5. The number of carbonyl (C=O) groups is 1. The van der Waals surface area contributed by atoms with Crippen molar-refractivity contribution in [3.8, 4) is 10.8 Å². The predicted octanol–water partition coefficient (Wildman–Crippen LogP) is 3.95. The van der Waals surface area contributed by atoms with Crippen LogP contribution < -0.4 is 5.32 Å². The first-order chi connectivity index (χ1) is 10.6. The van der Waals surface area contributed by atoms with E-state index < -0.39 is 0 Å². The Kier molecular flexibility index (Phi) is 4.06. The van der Waals surface area contributed by atoms with Gasteiger partial charge >= 0.3 is 0 Å². The summed E-state index contributed by atoms with van der Waals surface area (Å²) in [5, 5.41) is 4.85. The van der Waals surface area contributed by atoms with Gasteiger partial charge in [-0.2, -0.15) is 0 Å². The van der Waals surface area contributed by atoms with Crippen molar-refractivity contribution in [3.05, 3.63) is 64.4 Å². The van der Waals surface area contributed by atoms with Crippen LogP contribution in [0.5, 0.6) is 0 Å². The van der Waals surface area contributed by atoms with Crippen molar-refractivity contribution in [2.24, 2.45) is 0 Å². The Labute approximate surface area is 132 Å². The second kappa shape index (κ2) is 6.15. The molecule has 0 aliphatic rings. The molecule has 0 saturated carbocycles. The van der Waals surface area contributed by atoms with Gasteiger partial charge in [-0.05, 0) is 36.9 Å². The Bertz CT molecular complexity index is 791. The normalized spacial score (nSPS) is 10.6. The molecule has 5 heteroatoms. The fraction of sp³-hybridized carbons (Fsp3) is 0.176. The van der Waals surface area contributed by atoms with E-state index in [2.05, 4.69) is 10.3 Å². The summed E-state index contributed by atoms with van der Waals surface area (Å²) in [4.78, 5) is 17.6. The zero-order valence-electron chi connectivity index (χ0n) is 12.4. The van der Waals surface area contributed by atoms with E-state index in [0.29, 0.717) is 23.7 Å². The lowest BCUT2D eigenvalue weighted by molar-refractivity contribution is 0.0950. The third-order valence-corrected chi connectivity index (χ3v) is 4.20. The highest BCUT2D eigenvalue weighted by Gasteiger charge is 2.11. The molecule has 3 rings (SSSR count). The number of nitrogens with one attached hydrogen (secondary N) is 1. The van der Waals surface area contributed by atoms with Crippen molar-refractivity contribution in [2.75, 3.05) is 0 Å². The van der Waals surface area contributed by atoms with E-state index in [1.807, 2.05) is 49.6 Å². The maximum Gasteiger partial charge on any atom is 0.251 e. The second-order valence-electron chi connectivity index (χ2n) is 5.12. The van der Waals surface area contributed by atoms with Gasteiger partial charge in [0, 0.05) is 5.56 Å². The number of oxazole rings is 1. The second-order valence-corrected chi connectivity index (χ2v) is 6.07. The van der Waals surface area contributed by atoms with Crippen molar-refractivity contribution in [1.29, 1.82) is 0 Å². The van der Waals surface area contributed by atoms with Crippen molar-refractivity contribution < 1.29 is 9.21 Å². The van der Waals surface area contributed by atoms with Crippen molar-refractivity contribution >= 4 is 17.2 Å². The van der Waals surface area contributed by atoms with Gasteiger partial charge in [0.2, 0.25) is 5.89 Å². The Balaban J connectivity index is 1.66. The molecule has 0 radical (unpaired) electrons. The lowest BCUT2D eigenvalue weighted by atomic mass is 10.1. The van der Waals surface area contributed by atoms with Gasteiger partial charge in [-0.1, -0.05) is 23.8 Å². The molecular formula is C17H16N2O2S. The molecule has 0 aliphatic carbocycles. The molecular weight excluding hydrogens is 296 g/mol. The summed E-state index contributed by atoms with van der Waals surface area (Å²) in [7, 11) is 0. The van der Waals surface area contributed by atoms with Crippen LogP contribution in [0.25, 0.3) is 10.8 Å². The highest BCUT2D eigenvalue weighted by Crippen LogP contribution is 2.23. The number of thiophene rings is 1. The summed E-state index contributed by atoms with van der Waals surface area (Å²) in [5.41, 5.74) is 3.51. The van der Waals surface area contributed by atoms with E-state index in [0.717, 1.165) is 16.0 Å². The smallest absolute Gasteiger partial charge is 0.251 e. The van der Waals surface area contributed by atoms with Crippen molar-refractivity contribution in [1.82, 2.24) is 10.3 Å². The van der Waals surface area contributed by atoms with E-state index in [4.69, 9.17) is 4.42 Å². The fourth-order valence-corrected chi connectivity index (χ4v) is 2.89. The van der Waals surface area contributed by atoms with Gasteiger partial charge in [0.1, 0.15) is 6.26 Å². The van der Waals surface area contributed by atoms with Crippen LogP contribution in [0, 0.1) is 13.8 Å². The molecule has 1 N–H and O–H groups in total. The number of carbonyl (C=O) groups excluding carboxylic acids is 1. The number of hydrogen-bond donors (Lipinski definition) is 1. The van der Waals surface area contributed by atoms with E-state index in [1.165, 1.54) is 0 Å². The van der Waals surface area contributed by atoms with E-state index in [1.54, 1.807) is 17.6 Å².